The molecule has 0 aromatic heterocycles. The lowest BCUT2D eigenvalue weighted by atomic mass is 10.2. The highest BCUT2D eigenvalue weighted by Gasteiger charge is 2.19. The van der Waals surface area contributed by atoms with Crippen molar-refractivity contribution < 1.29 is 18.8 Å². The number of rotatable bonds is 5. The summed E-state index contributed by atoms with van der Waals surface area (Å²) in [6.45, 7) is 3.25. The van der Waals surface area contributed by atoms with Gasteiger partial charge in [-0.25, -0.2) is 4.39 Å². The van der Waals surface area contributed by atoms with Gasteiger partial charge >= 0.3 is 0 Å². The molecule has 1 unspecified atom stereocenters. The van der Waals surface area contributed by atoms with Gasteiger partial charge in [0.15, 0.2) is 6.10 Å². The van der Waals surface area contributed by atoms with Gasteiger partial charge in [0, 0.05) is 17.2 Å². The molecule has 0 heterocycles. The molecule has 0 aliphatic rings. The minimum atomic E-state index is -0.941. The summed E-state index contributed by atoms with van der Waals surface area (Å²) < 4.78 is 19.2. The summed E-state index contributed by atoms with van der Waals surface area (Å²) in [5.74, 6) is -0.950. The molecule has 1 N–H and O–H groups in total. The maximum absolute atomic E-state index is 13.7. The summed E-state index contributed by atoms with van der Waals surface area (Å²) in [6, 6.07) is 7.81. The molecule has 8 heteroatoms. The van der Waals surface area contributed by atoms with Crippen LogP contribution in [-0.4, -0.2) is 16.9 Å². The first-order valence-corrected chi connectivity index (χ1v) is 7.33. The third kappa shape index (κ3) is 4.20. The van der Waals surface area contributed by atoms with Crippen molar-refractivity contribution in [2.24, 2.45) is 0 Å². The van der Waals surface area contributed by atoms with Crippen LogP contribution in [-0.2, 0) is 4.79 Å². The monoisotopic (exact) mass is 352 g/mol. The molecule has 0 radical (unpaired) electrons. The zero-order valence-electron chi connectivity index (χ0n) is 12.9. The van der Waals surface area contributed by atoms with E-state index >= 15 is 0 Å². The van der Waals surface area contributed by atoms with Gasteiger partial charge in [-0.1, -0.05) is 11.6 Å². The highest BCUT2D eigenvalue weighted by molar-refractivity contribution is 6.30. The maximum Gasteiger partial charge on any atom is 0.271 e. The molecule has 1 atom stereocenters. The van der Waals surface area contributed by atoms with Gasteiger partial charge in [0.05, 0.1) is 10.6 Å². The Balaban J connectivity index is 2.11. The normalized spacial score (nSPS) is 11.7. The number of non-ortho nitro benzene ring substituents is 1. The van der Waals surface area contributed by atoms with E-state index in [9.17, 15) is 19.3 Å². The molecule has 0 aliphatic heterocycles. The Hall–Kier alpha value is -2.67. The Morgan fingerprint density at radius 2 is 2.04 bits per heavy atom. The predicted octanol–water partition coefficient (Wildman–Crippen LogP) is 4.10. The molecule has 0 saturated heterocycles. The predicted molar refractivity (Wildman–Crippen MR) is 88.0 cm³/mol. The number of nitrogens with zero attached hydrogens (tertiary/aromatic N) is 1. The van der Waals surface area contributed by atoms with Crippen molar-refractivity contribution in [3.8, 4) is 5.75 Å². The van der Waals surface area contributed by atoms with Crippen LogP contribution in [0.1, 0.15) is 12.5 Å². The summed E-state index contributed by atoms with van der Waals surface area (Å²) >= 11 is 5.85. The molecule has 0 bridgehead atoms. The third-order valence-electron chi connectivity index (χ3n) is 3.23. The fourth-order valence-electron chi connectivity index (χ4n) is 1.95. The Labute approximate surface area is 142 Å². The van der Waals surface area contributed by atoms with Crippen LogP contribution in [0.25, 0.3) is 0 Å². The molecular formula is C16H14ClFN2O4. The molecule has 2 aromatic rings. The van der Waals surface area contributed by atoms with E-state index in [4.69, 9.17) is 16.3 Å². The zero-order chi connectivity index (χ0) is 17.9. The highest BCUT2D eigenvalue weighted by atomic mass is 35.5. The Morgan fingerprint density at radius 1 is 1.33 bits per heavy atom. The first kappa shape index (κ1) is 17.7. The minimum absolute atomic E-state index is 0.280. The lowest BCUT2D eigenvalue weighted by Gasteiger charge is -2.16. The standard InChI is InChI=1S/C16H14ClFN2O4/c1-9-7-11(17)3-6-15(9)24-10(2)16(21)19-14-8-12(20(22)23)4-5-13(14)18/h3-8,10H,1-2H3,(H,19,21). The minimum Gasteiger partial charge on any atom is -0.481 e. The van der Waals surface area contributed by atoms with E-state index in [1.807, 2.05) is 0 Å². The summed E-state index contributed by atoms with van der Waals surface area (Å²) in [6.07, 6.45) is -0.941. The van der Waals surface area contributed by atoms with Gasteiger partial charge in [-0.15, -0.1) is 0 Å². The van der Waals surface area contributed by atoms with Crippen LogP contribution < -0.4 is 10.1 Å². The number of hydrogen-bond donors (Lipinski definition) is 1. The average molecular weight is 353 g/mol. The molecule has 0 spiro atoms. The van der Waals surface area contributed by atoms with Gasteiger partial charge in [-0.3, -0.25) is 14.9 Å². The van der Waals surface area contributed by atoms with E-state index in [2.05, 4.69) is 5.32 Å². The topological polar surface area (TPSA) is 81.5 Å². The third-order valence-corrected chi connectivity index (χ3v) is 3.46. The number of amides is 1. The van der Waals surface area contributed by atoms with Crippen LogP contribution in [0.4, 0.5) is 15.8 Å². The first-order valence-electron chi connectivity index (χ1n) is 6.95. The number of carbonyl (C=O) groups is 1. The van der Waals surface area contributed by atoms with E-state index in [0.29, 0.717) is 10.8 Å². The summed E-state index contributed by atoms with van der Waals surface area (Å²) in [4.78, 5) is 22.2. The number of nitrogens with one attached hydrogen (secondary N) is 1. The maximum atomic E-state index is 13.7. The lowest BCUT2D eigenvalue weighted by Crippen LogP contribution is -2.30. The fourth-order valence-corrected chi connectivity index (χ4v) is 2.17. The number of hydrogen-bond acceptors (Lipinski definition) is 4. The molecule has 0 saturated carbocycles. The van der Waals surface area contributed by atoms with Crippen molar-refractivity contribution in [2.75, 3.05) is 5.32 Å². The van der Waals surface area contributed by atoms with Crippen molar-refractivity contribution in [3.63, 3.8) is 0 Å². The van der Waals surface area contributed by atoms with Crippen molar-refractivity contribution in [3.05, 3.63) is 62.9 Å². The molecule has 1 amide bonds. The van der Waals surface area contributed by atoms with Crippen LogP contribution in [0.3, 0.4) is 0 Å². The number of carbonyl (C=O) groups excluding carboxylic acids is 1. The first-order chi connectivity index (χ1) is 11.3. The zero-order valence-corrected chi connectivity index (χ0v) is 13.6. The number of ether oxygens (including phenoxy) is 1. The average Bonchev–Trinajstić information content (AvgIpc) is 2.51. The molecule has 0 fully saturated rings. The number of benzene rings is 2. The van der Waals surface area contributed by atoms with E-state index < -0.39 is 22.8 Å². The molecule has 2 rings (SSSR count). The van der Waals surface area contributed by atoms with E-state index in [1.165, 1.54) is 6.92 Å². The highest BCUT2D eigenvalue weighted by Crippen LogP contribution is 2.24. The van der Waals surface area contributed by atoms with Crippen molar-refractivity contribution in [1.29, 1.82) is 0 Å². The molecule has 24 heavy (non-hydrogen) atoms. The summed E-state index contributed by atoms with van der Waals surface area (Å²) in [7, 11) is 0. The quantitative estimate of drug-likeness (QED) is 0.648. The second-order valence-corrected chi connectivity index (χ2v) is 5.52. The largest absolute Gasteiger partial charge is 0.481 e. The molecule has 126 valence electrons. The van der Waals surface area contributed by atoms with Gasteiger partial charge in [0.25, 0.3) is 11.6 Å². The Morgan fingerprint density at radius 3 is 2.67 bits per heavy atom. The fraction of sp³-hybridized carbons (Fsp3) is 0.188. The number of aryl methyl sites for hydroxylation is 1. The van der Waals surface area contributed by atoms with Crippen LogP contribution in [0.5, 0.6) is 5.75 Å². The van der Waals surface area contributed by atoms with Gasteiger partial charge in [0.1, 0.15) is 11.6 Å². The van der Waals surface area contributed by atoms with E-state index in [1.54, 1.807) is 25.1 Å². The van der Waals surface area contributed by atoms with Gasteiger partial charge < -0.3 is 10.1 Å². The van der Waals surface area contributed by atoms with Crippen molar-refractivity contribution in [1.82, 2.24) is 0 Å². The Kier molecular flexibility index (Phi) is 5.35. The van der Waals surface area contributed by atoms with Gasteiger partial charge in [-0.05, 0) is 43.7 Å². The number of nitro groups is 1. The molecule has 2 aromatic carbocycles. The summed E-state index contributed by atoms with van der Waals surface area (Å²) in [5, 5.41) is 13.5. The van der Waals surface area contributed by atoms with Crippen LogP contribution in [0, 0.1) is 22.9 Å². The van der Waals surface area contributed by atoms with Gasteiger partial charge in [0.2, 0.25) is 0 Å². The SMILES string of the molecule is Cc1cc(Cl)ccc1OC(C)C(=O)Nc1cc([N+](=O)[O-])ccc1F. The molecular weight excluding hydrogens is 339 g/mol. The number of halogens is 2. The Bertz CT molecular complexity index is 798. The second kappa shape index (κ2) is 7.27. The van der Waals surface area contributed by atoms with E-state index in [-0.39, 0.29) is 11.4 Å². The van der Waals surface area contributed by atoms with E-state index in [0.717, 1.165) is 23.8 Å². The lowest BCUT2D eigenvalue weighted by molar-refractivity contribution is -0.384. The smallest absolute Gasteiger partial charge is 0.271 e. The van der Waals surface area contributed by atoms with Crippen molar-refractivity contribution in [2.45, 2.75) is 20.0 Å². The van der Waals surface area contributed by atoms with Gasteiger partial charge in [-0.2, -0.15) is 0 Å². The number of anilines is 1. The second-order valence-electron chi connectivity index (χ2n) is 5.08. The van der Waals surface area contributed by atoms with Crippen LogP contribution in [0.2, 0.25) is 5.02 Å². The van der Waals surface area contributed by atoms with Crippen molar-refractivity contribution >= 4 is 28.9 Å². The van der Waals surface area contributed by atoms with Crippen LogP contribution >= 0.6 is 11.6 Å². The van der Waals surface area contributed by atoms with Crippen LogP contribution in [0.15, 0.2) is 36.4 Å². The molecule has 0 aliphatic carbocycles. The molecule has 6 nitrogen and oxygen atoms in total. The summed E-state index contributed by atoms with van der Waals surface area (Å²) in [5.41, 5.74) is 0.134. The number of nitro benzene ring substituents is 1.